The van der Waals surface area contributed by atoms with Crippen LogP contribution in [0.4, 0.5) is 0 Å². The van der Waals surface area contributed by atoms with Crippen molar-refractivity contribution >= 4 is 44.8 Å². The van der Waals surface area contributed by atoms with Crippen LogP contribution in [0.15, 0.2) is 53.3 Å². The van der Waals surface area contributed by atoms with Gasteiger partial charge in [0.1, 0.15) is 16.7 Å². The van der Waals surface area contributed by atoms with Gasteiger partial charge in [-0.2, -0.15) is 0 Å². The van der Waals surface area contributed by atoms with Crippen LogP contribution >= 0.6 is 11.6 Å². The van der Waals surface area contributed by atoms with Crippen molar-refractivity contribution in [2.45, 2.75) is 46.1 Å². The maximum atomic E-state index is 13.7. The quantitative estimate of drug-likeness (QED) is 0.308. The monoisotopic (exact) mass is 445 g/mol. The zero-order valence-corrected chi connectivity index (χ0v) is 18.9. The van der Waals surface area contributed by atoms with E-state index in [2.05, 4.69) is 6.92 Å². The predicted octanol–water partition coefficient (Wildman–Crippen LogP) is 5.83. The average molecular weight is 446 g/mol. The number of para-hydroxylation sites is 2. The number of aryl methyl sites for hydroxylation is 1. The highest BCUT2D eigenvalue weighted by atomic mass is 35.5. The summed E-state index contributed by atoms with van der Waals surface area (Å²) in [5, 5.41) is 1.10. The van der Waals surface area contributed by atoms with Gasteiger partial charge in [-0.15, -0.1) is 0 Å². The first-order valence-electron chi connectivity index (χ1n) is 11.0. The summed E-state index contributed by atoms with van der Waals surface area (Å²) >= 11 is 6.29. The van der Waals surface area contributed by atoms with E-state index in [1.807, 2.05) is 60.0 Å². The minimum Gasteiger partial charge on any atom is -0.296 e. The molecule has 7 heteroatoms. The summed E-state index contributed by atoms with van der Waals surface area (Å²) in [6, 6.07) is 15.2. The van der Waals surface area contributed by atoms with E-state index in [-0.39, 0.29) is 5.56 Å². The van der Waals surface area contributed by atoms with Crippen LogP contribution in [0, 0.1) is 6.92 Å². The summed E-state index contributed by atoms with van der Waals surface area (Å²) in [4.78, 5) is 28.3. The SMILES string of the molecule is CCCCCCn1c(C)nc2c(c1=O)c1nc3ccccc3nc1n2-c1cccc(Cl)c1. The Morgan fingerprint density at radius 3 is 2.44 bits per heavy atom. The summed E-state index contributed by atoms with van der Waals surface area (Å²) in [7, 11) is 0. The molecule has 0 aliphatic rings. The molecule has 5 rings (SSSR count). The Kier molecular flexibility index (Phi) is 5.39. The smallest absolute Gasteiger partial charge is 0.265 e. The molecule has 6 nitrogen and oxygen atoms in total. The number of halogens is 1. The third-order valence-electron chi connectivity index (χ3n) is 5.86. The molecule has 0 fully saturated rings. The van der Waals surface area contributed by atoms with Crippen molar-refractivity contribution in [2.24, 2.45) is 0 Å². The van der Waals surface area contributed by atoms with Crippen molar-refractivity contribution in [2.75, 3.05) is 0 Å². The minimum atomic E-state index is -0.0700. The lowest BCUT2D eigenvalue weighted by Gasteiger charge is -2.11. The van der Waals surface area contributed by atoms with Gasteiger partial charge in [-0.1, -0.05) is 56.0 Å². The molecular formula is C25H24ClN5O. The molecule has 2 aromatic carbocycles. The van der Waals surface area contributed by atoms with Crippen LogP contribution in [0.2, 0.25) is 5.02 Å². The van der Waals surface area contributed by atoms with Gasteiger partial charge < -0.3 is 0 Å². The molecule has 0 aliphatic carbocycles. The van der Waals surface area contributed by atoms with E-state index in [0.717, 1.165) is 42.4 Å². The molecule has 0 atom stereocenters. The predicted molar refractivity (Wildman–Crippen MR) is 130 cm³/mol. The highest BCUT2D eigenvalue weighted by molar-refractivity contribution is 6.30. The number of fused-ring (bicyclic) bond motifs is 4. The van der Waals surface area contributed by atoms with Crippen LogP contribution in [0.1, 0.15) is 38.4 Å². The van der Waals surface area contributed by atoms with Crippen molar-refractivity contribution in [3.8, 4) is 5.69 Å². The highest BCUT2D eigenvalue weighted by Crippen LogP contribution is 2.29. The van der Waals surface area contributed by atoms with E-state index in [1.165, 1.54) is 0 Å². The molecular weight excluding hydrogens is 422 g/mol. The number of nitrogens with zero attached hydrogens (tertiary/aromatic N) is 5. The van der Waals surface area contributed by atoms with E-state index in [1.54, 1.807) is 4.57 Å². The van der Waals surface area contributed by atoms with Crippen molar-refractivity contribution in [3.63, 3.8) is 0 Å². The molecule has 32 heavy (non-hydrogen) atoms. The fourth-order valence-electron chi connectivity index (χ4n) is 4.25. The first-order valence-corrected chi connectivity index (χ1v) is 11.4. The third kappa shape index (κ3) is 3.45. The molecule has 0 spiro atoms. The topological polar surface area (TPSA) is 65.6 Å². The average Bonchev–Trinajstić information content (AvgIpc) is 3.09. The largest absolute Gasteiger partial charge is 0.296 e. The van der Waals surface area contributed by atoms with Crippen molar-refractivity contribution < 1.29 is 0 Å². The van der Waals surface area contributed by atoms with Gasteiger partial charge in [0.05, 0.1) is 16.7 Å². The number of rotatable bonds is 6. The molecule has 0 unspecified atom stereocenters. The molecule has 0 saturated carbocycles. The summed E-state index contributed by atoms with van der Waals surface area (Å²) in [5.41, 5.74) is 3.98. The van der Waals surface area contributed by atoms with Crippen molar-refractivity contribution in [1.82, 2.24) is 24.1 Å². The van der Waals surface area contributed by atoms with E-state index >= 15 is 0 Å². The normalized spacial score (nSPS) is 11.7. The Balaban J connectivity index is 1.85. The van der Waals surface area contributed by atoms with E-state index in [4.69, 9.17) is 26.6 Å². The Morgan fingerprint density at radius 1 is 0.906 bits per heavy atom. The van der Waals surface area contributed by atoms with Crippen LogP contribution in [0.5, 0.6) is 0 Å². The Morgan fingerprint density at radius 2 is 1.69 bits per heavy atom. The molecule has 0 aliphatic heterocycles. The van der Waals surface area contributed by atoms with Gasteiger partial charge in [0.25, 0.3) is 5.56 Å². The lowest BCUT2D eigenvalue weighted by Crippen LogP contribution is -2.24. The van der Waals surface area contributed by atoms with Gasteiger partial charge in [-0.3, -0.25) is 13.9 Å². The summed E-state index contributed by atoms with van der Waals surface area (Å²) in [6.45, 7) is 4.72. The lowest BCUT2D eigenvalue weighted by molar-refractivity contribution is 0.556. The van der Waals surface area contributed by atoms with Gasteiger partial charge in [-0.05, 0) is 43.7 Å². The summed E-state index contributed by atoms with van der Waals surface area (Å²) < 4.78 is 3.67. The van der Waals surface area contributed by atoms with Crippen LogP contribution in [-0.4, -0.2) is 24.1 Å². The lowest BCUT2D eigenvalue weighted by atomic mass is 10.2. The minimum absolute atomic E-state index is 0.0700. The maximum absolute atomic E-state index is 13.7. The number of hydrogen-bond acceptors (Lipinski definition) is 4. The fourth-order valence-corrected chi connectivity index (χ4v) is 4.44. The molecule has 0 N–H and O–H groups in total. The zero-order chi connectivity index (χ0) is 22.2. The molecule has 0 bridgehead atoms. The van der Waals surface area contributed by atoms with Crippen molar-refractivity contribution in [3.05, 3.63) is 69.7 Å². The van der Waals surface area contributed by atoms with E-state index in [0.29, 0.717) is 39.6 Å². The van der Waals surface area contributed by atoms with E-state index < -0.39 is 0 Å². The second-order valence-electron chi connectivity index (χ2n) is 8.07. The second-order valence-corrected chi connectivity index (χ2v) is 8.51. The molecule has 3 aromatic heterocycles. The zero-order valence-electron chi connectivity index (χ0n) is 18.2. The molecule has 0 saturated heterocycles. The Hall–Kier alpha value is -3.25. The van der Waals surface area contributed by atoms with Crippen molar-refractivity contribution in [1.29, 1.82) is 0 Å². The van der Waals surface area contributed by atoms with Gasteiger partial charge in [0.2, 0.25) is 0 Å². The number of hydrogen-bond donors (Lipinski definition) is 0. The number of aromatic nitrogens is 5. The second kappa shape index (κ2) is 8.36. The Bertz CT molecular complexity index is 1520. The highest BCUT2D eigenvalue weighted by Gasteiger charge is 2.22. The Labute approximate surface area is 190 Å². The molecule has 3 heterocycles. The first kappa shape index (κ1) is 20.6. The van der Waals surface area contributed by atoms with Gasteiger partial charge in [-0.25, -0.2) is 15.0 Å². The standard InChI is InChI=1S/C25H24ClN5O/c1-3-4-5-8-14-30-16(2)27-23-21(25(30)32)22-24(29-20-13-7-6-12-19(20)28-22)31(23)18-11-9-10-17(26)15-18/h6-7,9-13,15H,3-5,8,14H2,1-2H3. The van der Waals surface area contributed by atoms with E-state index in [9.17, 15) is 4.79 Å². The molecule has 5 aromatic rings. The number of unbranched alkanes of at least 4 members (excludes halogenated alkanes) is 3. The molecule has 0 radical (unpaired) electrons. The van der Waals surface area contributed by atoms with Gasteiger partial charge in [0.15, 0.2) is 11.3 Å². The summed E-state index contributed by atoms with van der Waals surface area (Å²) in [5.74, 6) is 0.689. The van der Waals surface area contributed by atoms with Crippen LogP contribution in [0.25, 0.3) is 38.9 Å². The van der Waals surface area contributed by atoms with Gasteiger partial charge in [0, 0.05) is 11.6 Å². The third-order valence-corrected chi connectivity index (χ3v) is 6.09. The van der Waals surface area contributed by atoms with Crippen LogP contribution in [0.3, 0.4) is 0 Å². The molecule has 162 valence electrons. The summed E-state index contributed by atoms with van der Waals surface area (Å²) in [6.07, 6.45) is 4.36. The fraction of sp³-hybridized carbons (Fsp3) is 0.280. The molecule has 0 amide bonds. The van der Waals surface area contributed by atoms with Gasteiger partial charge >= 0.3 is 0 Å². The first-order chi connectivity index (χ1) is 15.6. The van der Waals surface area contributed by atoms with Crippen LogP contribution in [-0.2, 0) is 6.54 Å². The van der Waals surface area contributed by atoms with Crippen LogP contribution < -0.4 is 5.56 Å². The maximum Gasteiger partial charge on any atom is 0.265 e. The number of benzene rings is 2.